The van der Waals surface area contributed by atoms with Crippen LogP contribution in [-0.4, -0.2) is 35.4 Å². The number of carbonyl (C=O) groups is 1. The van der Waals surface area contributed by atoms with E-state index in [1.54, 1.807) is 0 Å². The monoisotopic (exact) mass is 293 g/mol. The zero-order valence-electron chi connectivity index (χ0n) is 11.0. The van der Waals surface area contributed by atoms with Gasteiger partial charge in [0.15, 0.2) is 0 Å². The first kappa shape index (κ1) is 13.4. The van der Waals surface area contributed by atoms with Crippen LogP contribution in [0.2, 0.25) is 0 Å². The van der Waals surface area contributed by atoms with E-state index in [4.69, 9.17) is 0 Å². The maximum absolute atomic E-state index is 12.3. The number of carbonyl (C=O) groups excluding carboxylic acids is 1. The summed E-state index contributed by atoms with van der Waals surface area (Å²) in [5.41, 5.74) is 2.20. The van der Waals surface area contributed by atoms with Crippen LogP contribution in [-0.2, 0) is 0 Å². The molecule has 2 saturated heterocycles. The molecule has 0 aromatic heterocycles. The molecule has 1 aromatic carbocycles. The van der Waals surface area contributed by atoms with Crippen molar-refractivity contribution in [2.24, 2.45) is 0 Å². The van der Waals surface area contributed by atoms with Crippen molar-refractivity contribution in [2.75, 3.05) is 24.6 Å². The Bertz CT molecular complexity index is 434. The number of rotatable bonds is 2. The third kappa shape index (κ3) is 3.11. The highest BCUT2D eigenvalue weighted by Gasteiger charge is 2.20. The van der Waals surface area contributed by atoms with Crippen molar-refractivity contribution in [3.8, 4) is 0 Å². The van der Waals surface area contributed by atoms with Crippen LogP contribution < -0.4 is 0 Å². The number of amides is 1. The Hall–Kier alpha value is -0.610. The molecule has 2 nitrogen and oxygen atoms in total. The van der Waals surface area contributed by atoms with Gasteiger partial charge in [-0.1, -0.05) is 12.1 Å². The van der Waals surface area contributed by atoms with E-state index >= 15 is 0 Å². The smallest absolute Gasteiger partial charge is 0.253 e. The van der Waals surface area contributed by atoms with Gasteiger partial charge in [-0.25, -0.2) is 0 Å². The van der Waals surface area contributed by atoms with E-state index in [1.807, 2.05) is 40.6 Å². The molecule has 2 heterocycles. The summed E-state index contributed by atoms with van der Waals surface area (Å²) in [5, 5.41) is 0. The van der Waals surface area contributed by atoms with Crippen LogP contribution in [0.15, 0.2) is 24.3 Å². The average molecular weight is 293 g/mol. The minimum atomic E-state index is 0.206. The van der Waals surface area contributed by atoms with Crippen molar-refractivity contribution < 1.29 is 4.79 Å². The second-order valence-electron chi connectivity index (χ2n) is 5.05. The van der Waals surface area contributed by atoms with E-state index in [0.717, 1.165) is 31.5 Å². The summed E-state index contributed by atoms with van der Waals surface area (Å²) in [6.45, 7) is 1.85. The molecule has 0 unspecified atom stereocenters. The number of hydrogen-bond acceptors (Lipinski definition) is 3. The van der Waals surface area contributed by atoms with Crippen molar-refractivity contribution in [3.63, 3.8) is 0 Å². The minimum absolute atomic E-state index is 0.206. The predicted molar refractivity (Wildman–Crippen MR) is 83.9 cm³/mol. The van der Waals surface area contributed by atoms with Crippen molar-refractivity contribution in [2.45, 2.75) is 23.8 Å². The molecular formula is C15H19NOS2. The Morgan fingerprint density at radius 1 is 1.00 bits per heavy atom. The van der Waals surface area contributed by atoms with Crippen molar-refractivity contribution in [3.05, 3.63) is 35.4 Å². The van der Waals surface area contributed by atoms with E-state index < -0.39 is 0 Å². The summed E-state index contributed by atoms with van der Waals surface area (Å²) in [6, 6.07) is 8.28. The lowest BCUT2D eigenvalue weighted by Gasteiger charge is -2.26. The SMILES string of the molecule is O=C(c1ccc(C2SCCS2)cc1)N1CCCCC1. The van der Waals surface area contributed by atoms with Gasteiger partial charge >= 0.3 is 0 Å². The molecule has 2 aliphatic heterocycles. The number of piperidine rings is 1. The summed E-state index contributed by atoms with van der Waals surface area (Å²) >= 11 is 4.01. The second-order valence-corrected chi connectivity index (χ2v) is 7.77. The maximum Gasteiger partial charge on any atom is 0.253 e. The van der Waals surface area contributed by atoms with Gasteiger partial charge < -0.3 is 4.90 Å². The zero-order chi connectivity index (χ0) is 13.1. The van der Waals surface area contributed by atoms with Gasteiger partial charge in [-0.3, -0.25) is 4.79 Å². The summed E-state index contributed by atoms with van der Waals surface area (Å²) < 4.78 is 0.569. The molecule has 2 fully saturated rings. The fourth-order valence-electron chi connectivity index (χ4n) is 2.61. The van der Waals surface area contributed by atoms with Crippen LogP contribution in [0.3, 0.4) is 0 Å². The van der Waals surface area contributed by atoms with Crippen LogP contribution in [0.4, 0.5) is 0 Å². The molecule has 102 valence electrons. The van der Waals surface area contributed by atoms with E-state index in [0.29, 0.717) is 4.58 Å². The lowest BCUT2D eigenvalue weighted by Crippen LogP contribution is -2.35. The first-order chi connectivity index (χ1) is 9.34. The molecule has 0 atom stereocenters. The van der Waals surface area contributed by atoms with Gasteiger partial charge in [0, 0.05) is 30.2 Å². The highest BCUT2D eigenvalue weighted by Crippen LogP contribution is 2.45. The highest BCUT2D eigenvalue weighted by atomic mass is 32.2. The molecule has 0 aliphatic carbocycles. The van der Waals surface area contributed by atoms with E-state index in [9.17, 15) is 4.79 Å². The van der Waals surface area contributed by atoms with E-state index in [-0.39, 0.29) is 5.91 Å². The van der Waals surface area contributed by atoms with Gasteiger partial charge in [0.1, 0.15) is 0 Å². The number of benzene rings is 1. The standard InChI is InChI=1S/C15H19NOS2/c17-14(16-8-2-1-3-9-16)12-4-6-13(7-5-12)15-18-10-11-19-15/h4-7,15H,1-3,8-11H2. The zero-order valence-corrected chi connectivity index (χ0v) is 12.6. The summed E-state index contributed by atoms with van der Waals surface area (Å²) in [5.74, 6) is 2.69. The van der Waals surface area contributed by atoms with Gasteiger partial charge in [-0.2, -0.15) is 0 Å². The second kappa shape index (κ2) is 6.23. The molecule has 2 aliphatic rings. The van der Waals surface area contributed by atoms with Crippen LogP contribution >= 0.6 is 23.5 Å². The predicted octanol–water partition coefficient (Wildman–Crippen LogP) is 3.79. The first-order valence-corrected chi connectivity index (χ1v) is 9.07. The molecule has 4 heteroatoms. The van der Waals surface area contributed by atoms with Gasteiger partial charge in [-0.15, -0.1) is 23.5 Å². The topological polar surface area (TPSA) is 20.3 Å². The maximum atomic E-state index is 12.3. The van der Waals surface area contributed by atoms with Crippen molar-refractivity contribution in [1.29, 1.82) is 0 Å². The Labute approximate surface area is 123 Å². The Balaban J connectivity index is 1.69. The van der Waals surface area contributed by atoms with Gasteiger partial charge in [-0.05, 0) is 37.0 Å². The Morgan fingerprint density at radius 3 is 2.26 bits per heavy atom. The fourth-order valence-corrected chi connectivity index (χ4v) is 5.47. The molecule has 19 heavy (non-hydrogen) atoms. The normalized spacial score (nSPS) is 20.7. The van der Waals surface area contributed by atoms with Crippen LogP contribution in [0.1, 0.15) is 39.8 Å². The van der Waals surface area contributed by atoms with Crippen molar-refractivity contribution in [1.82, 2.24) is 4.90 Å². The first-order valence-electron chi connectivity index (χ1n) is 6.97. The minimum Gasteiger partial charge on any atom is -0.339 e. The highest BCUT2D eigenvalue weighted by molar-refractivity contribution is 8.19. The third-order valence-corrected chi connectivity index (χ3v) is 6.80. The molecule has 3 rings (SSSR count). The van der Waals surface area contributed by atoms with Gasteiger partial charge in [0.05, 0.1) is 4.58 Å². The number of likely N-dealkylation sites (tertiary alicyclic amines) is 1. The third-order valence-electron chi connectivity index (χ3n) is 3.69. The largest absolute Gasteiger partial charge is 0.339 e. The van der Waals surface area contributed by atoms with Gasteiger partial charge in [0.25, 0.3) is 5.91 Å². The molecule has 0 saturated carbocycles. The summed E-state index contributed by atoms with van der Waals surface area (Å²) in [4.78, 5) is 14.3. The molecule has 0 N–H and O–H groups in total. The molecule has 0 spiro atoms. The average Bonchev–Trinajstić information content (AvgIpc) is 3.02. The van der Waals surface area contributed by atoms with Crippen LogP contribution in [0.5, 0.6) is 0 Å². The molecule has 0 radical (unpaired) electrons. The fraction of sp³-hybridized carbons (Fsp3) is 0.533. The van der Waals surface area contributed by atoms with Crippen LogP contribution in [0.25, 0.3) is 0 Å². The Kier molecular flexibility index (Phi) is 4.38. The molecule has 1 aromatic rings. The van der Waals surface area contributed by atoms with E-state index in [1.165, 1.54) is 23.5 Å². The number of nitrogens with zero attached hydrogens (tertiary/aromatic N) is 1. The van der Waals surface area contributed by atoms with E-state index in [2.05, 4.69) is 12.1 Å². The van der Waals surface area contributed by atoms with Crippen molar-refractivity contribution >= 4 is 29.4 Å². The van der Waals surface area contributed by atoms with Crippen LogP contribution in [0, 0.1) is 0 Å². The molecular weight excluding hydrogens is 274 g/mol. The Morgan fingerprint density at radius 2 is 1.63 bits per heavy atom. The lowest BCUT2D eigenvalue weighted by atomic mass is 10.1. The quantitative estimate of drug-likeness (QED) is 0.827. The molecule has 0 bridgehead atoms. The summed E-state index contributed by atoms with van der Waals surface area (Å²) in [7, 11) is 0. The molecule has 1 amide bonds. The number of thioether (sulfide) groups is 2. The lowest BCUT2D eigenvalue weighted by molar-refractivity contribution is 0.0724. The summed E-state index contributed by atoms with van der Waals surface area (Å²) in [6.07, 6.45) is 3.57. The number of hydrogen-bond donors (Lipinski definition) is 0. The van der Waals surface area contributed by atoms with Gasteiger partial charge in [0.2, 0.25) is 0 Å².